The molecule has 1 aromatic heterocycles. The van der Waals surface area contributed by atoms with Crippen molar-refractivity contribution in [3.8, 4) is 0 Å². The maximum atomic E-state index is 10.9. The van der Waals surface area contributed by atoms with Crippen molar-refractivity contribution in [1.29, 1.82) is 0 Å². The fourth-order valence-corrected chi connectivity index (χ4v) is 3.13. The predicted molar refractivity (Wildman–Crippen MR) is 73.7 cm³/mol. The van der Waals surface area contributed by atoms with Crippen LogP contribution in [0.1, 0.15) is 41.6 Å². The molecule has 100 valence electrons. The first-order valence-electron chi connectivity index (χ1n) is 6.52. The van der Waals surface area contributed by atoms with Crippen molar-refractivity contribution in [3.05, 3.63) is 10.6 Å². The minimum atomic E-state index is 0.303. The van der Waals surface area contributed by atoms with E-state index in [0.717, 1.165) is 48.0 Å². The second kappa shape index (κ2) is 6.29. The molecule has 0 aromatic carbocycles. The lowest BCUT2D eigenvalue weighted by Gasteiger charge is -2.27. The molecule has 4 nitrogen and oxygen atoms in total. The predicted octanol–water partition coefficient (Wildman–Crippen LogP) is 2.52. The highest BCUT2D eigenvalue weighted by Gasteiger charge is 2.18. The molecule has 1 aromatic rings. The Morgan fingerprint density at radius 1 is 1.56 bits per heavy atom. The summed E-state index contributed by atoms with van der Waals surface area (Å²) in [5.41, 5.74) is 0.904. The molecule has 1 aliphatic heterocycles. The van der Waals surface area contributed by atoms with E-state index in [2.05, 4.69) is 9.88 Å². The molecular weight excluding hydrogens is 248 g/mol. The molecule has 0 saturated carbocycles. The second-order valence-corrected chi connectivity index (χ2v) is 5.66. The zero-order valence-corrected chi connectivity index (χ0v) is 11.8. The molecule has 2 rings (SSSR count). The van der Waals surface area contributed by atoms with Gasteiger partial charge < -0.3 is 9.64 Å². The van der Waals surface area contributed by atoms with E-state index in [0.29, 0.717) is 6.10 Å². The monoisotopic (exact) mass is 268 g/mol. The summed E-state index contributed by atoms with van der Waals surface area (Å²) in [7, 11) is 2.02. The maximum absolute atomic E-state index is 10.9. The number of hydrogen-bond donors (Lipinski definition) is 0. The summed E-state index contributed by atoms with van der Waals surface area (Å²) >= 11 is 1.47. The molecule has 0 radical (unpaired) electrons. The van der Waals surface area contributed by atoms with E-state index in [4.69, 9.17) is 4.74 Å². The van der Waals surface area contributed by atoms with Gasteiger partial charge in [-0.25, -0.2) is 4.98 Å². The summed E-state index contributed by atoms with van der Waals surface area (Å²) in [4.78, 5) is 18.3. The SMILES string of the molecule is CCc1nc(N(C)CC2CCCCO2)sc1C=O. The van der Waals surface area contributed by atoms with Crippen molar-refractivity contribution in [2.24, 2.45) is 0 Å². The maximum Gasteiger partial charge on any atom is 0.186 e. The van der Waals surface area contributed by atoms with Crippen LogP contribution in [0.4, 0.5) is 5.13 Å². The smallest absolute Gasteiger partial charge is 0.186 e. The van der Waals surface area contributed by atoms with Crippen LogP contribution >= 0.6 is 11.3 Å². The molecule has 1 unspecified atom stereocenters. The molecule has 18 heavy (non-hydrogen) atoms. The lowest BCUT2D eigenvalue weighted by molar-refractivity contribution is 0.0216. The van der Waals surface area contributed by atoms with Gasteiger partial charge in [0.25, 0.3) is 0 Å². The molecule has 1 atom stereocenters. The lowest BCUT2D eigenvalue weighted by atomic mass is 10.1. The van der Waals surface area contributed by atoms with Gasteiger partial charge in [-0.2, -0.15) is 0 Å². The van der Waals surface area contributed by atoms with E-state index in [-0.39, 0.29) is 0 Å². The molecular formula is C13H20N2O2S. The van der Waals surface area contributed by atoms with Crippen LogP contribution in [0.2, 0.25) is 0 Å². The second-order valence-electron chi connectivity index (χ2n) is 4.65. The number of carbonyl (C=O) groups excluding carboxylic acids is 1. The number of likely N-dealkylation sites (N-methyl/N-ethyl adjacent to an activating group) is 1. The van der Waals surface area contributed by atoms with Crippen LogP contribution in [-0.4, -0.2) is 37.6 Å². The standard InChI is InChI=1S/C13H20N2O2S/c1-3-11-12(9-16)18-13(14-11)15(2)8-10-6-4-5-7-17-10/h9-10H,3-8H2,1-2H3. The molecule has 0 aliphatic carbocycles. The Hall–Kier alpha value is -0.940. The van der Waals surface area contributed by atoms with Gasteiger partial charge in [0, 0.05) is 20.2 Å². The fraction of sp³-hybridized carbons (Fsp3) is 0.692. The zero-order chi connectivity index (χ0) is 13.0. The summed E-state index contributed by atoms with van der Waals surface area (Å²) in [5, 5.41) is 0.920. The number of hydrogen-bond acceptors (Lipinski definition) is 5. The van der Waals surface area contributed by atoms with Gasteiger partial charge >= 0.3 is 0 Å². The molecule has 0 bridgehead atoms. The number of nitrogens with zero attached hydrogens (tertiary/aromatic N) is 2. The topological polar surface area (TPSA) is 42.4 Å². The van der Waals surface area contributed by atoms with E-state index in [9.17, 15) is 4.79 Å². The van der Waals surface area contributed by atoms with Gasteiger partial charge in [0.05, 0.1) is 16.7 Å². The molecule has 5 heteroatoms. The van der Waals surface area contributed by atoms with Crippen LogP contribution in [0.3, 0.4) is 0 Å². The number of aromatic nitrogens is 1. The molecule has 1 aliphatic rings. The first-order chi connectivity index (χ1) is 8.74. The van der Waals surface area contributed by atoms with Crippen LogP contribution in [0.15, 0.2) is 0 Å². The summed E-state index contributed by atoms with van der Waals surface area (Å²) in [6.45, 7) is 3.75. The summed E-state index contributed by atoms with van der Waals surface area (Å²) in [5.74, 6) is 0. The van der Waals surface area contributed by atoms with Gasteiger partial charge in [-0.1, -0.05) is 18.3 Å². The first kappa shape index (κ1) is 13.5. The summed E-state index contributed by atoms with van der Waals surface area (Å²) in [6, 6.07) is 0. The Labute approximate surface area is 112 Å². The molecule has 1 fully saturated rings. The lowest BCUT2D eigenvalue weighted by Crippen LogP contribution is -2.33. The van der Waals surface area contributed by atoms with E-state index < -0.39 is 0 Å². The number of carbonyl (C=O) groups is 1. The molecule has 2 heterocycles. The van der Waals surface area contributed by atoms with E-state index in [1.807, 2.05) is 14.0 Å². The van der Waals surface area contributed by atoms with Crippen molar-refractivity contribution < 1.29 is 9.53 Å². The molecule has 1 saturated heterocycles. The normalized spacial score (nSPS) is 19.8. The first-order valence-corrected chi connectivity index (χ1v) is 7.33. The van der Waals surface area contributed by atoms with Gasteiger partial charge in [-0.3, -0.25) is 4.79 Å². The van der Waals surface area contributed by atoms with Crippen LogP contribution < -0.4 is 4.90 Å². The fourth-order valence-electron chi connectivity index (χ4n) is 2.19. The number of rotatable bonds is 5. The Morgan fingerprint density at radius 2 is 2.39 bits per heavy atom. The van der Waals surface area contributed by atoms with E-state index in [1.54, 1.807) is 0 Å². The minimum Gasteiger partial charge on any atom is -0.376 e. The summed E-state index contributed by atoms with van der Waals surface area (Å²) in [6.07, 6.45) is 5.56. The Morgan fingerprint density at radius 3 is 2.94 bits per heavy atom. The highest BCUT2D eigenvalue weighted by atomic mass is 32.1. The molecule has 0 N–H and O–H groups in total. The van der Waals surface area contributed by atoms with Crippen LogP contribution in [0, 0.1) is 0 Å². The highest BCUT2D eigenvalue weighted by Crippen LogP contribution is 2.26. The number of aldehydes is 1. The molecule has 0 spiro atoms. The average Bonchev–Trinajstić information content (AvgIpc) is 2.83. The van der Waals surface area contributed by atoms with Crippen molar-refractivity contribution >= 4 is 22.8 Å². The average molecular weight is 268 g/mol. The Bertz CT molecular complexity index is 400. The number of ether oxygens (including phenoxy) is 1. The van der Waals surface area contributed by atoms with Gasteiger partial charge in [0.1, 0.15) is 0 Å². The Kier molecular flexibility index (Phi) is 4.72. The third-order valence-corrected chi connectivity index (χ3v) is 4.37. The summed E-state index contributed by atoms with van der Waals surface area (Å²) < 4.78 is 5.73. The number of aryl methyl sites for hydroxylation is 1. The van der Waals surface area contributed by atoms with E-state index >= 15 is 0 Å². The molecule has 0 amide bonds. The van der Waals surface area contributed by atoms with Gasteiger partial charge in [0.2, 0.25) is 0 Å². The van der Waals surface area contributed by atoms with Crippen molar-refractivity contribution in [1.82, 2.24) is 4.98 Å². The van der Waals surface area contributed by atoms with Crippen LogP contribution in [-0.2, 0) is 11.2 Å². The minimum absolute atomic E-state index is 0.303. The highest BCUT2D eigenvalue weighted by molar-refractivity contribution is 7.17. The van der Waals surface area contributed by atoms with Crippen molar-refractivity contribution in [2.75, 3.05) is 25.1 Å². The third-order valence-electron chi connectivity index (χ3n) is 3.24. The van der Waals surface area contributed by atoms with Gasteiger partial charge in [0.15, 0.2) is 11.4 Å². The van der Waals surface area contributed by atoms with Crippen molar-refractivity contribution in [2.45, 2.75) is 38.7 Å². The third kappa shape index (κ3) is 3.09. The van der Waals surface area contributed by atoms with Crippen LogP contribution in [0.5, 0.6) is 0 Å². The largest absolute Gasteiger partial charge is 0.376 e. The quantitative estimate of drug-likeness (QED) is 0.770. The Balaban J connectivity index is 2.01. The number of anilines is 1. The zero-order valence-electron chi connectivity index (χ0n) is 11.0. The van der Waals surface area contributed by atoms with Gasteiger partial charge in [-0.15, -0.1) is 0 Å². The van der Waals surface area contributed by atoms with Gasteiger partial charge in [-0.05, 0) is 25.7 Å². The van der Waals surface area contributed by atoms with Crippen molar-refractivity contribution in [3.63, 3.8) is 0 Å². The van der Waals surface area contributed by atoms with E-state index in [1.165, 1.54) is 24.2 Å². The van der Waals surface area contributed by atoms with Crippen LogP contribution in [0.25, 0.3) is 0 Å². The number of thiazole rings is 1.